The highest BCUT2D eigenvalue weighted by Crippen LogP contribution is 2.34. The van der Waals surface area contributed by atoms with Crippen LogP contribution in [0, 0.1) is 6.92 Å². The van der Waals surface area contributed by atoms with Crippen molar-refractivity contribution in [3.05, 3.63) is 30.1 Å². The van der Waals surface area contributed by atoms with Gasteiger partial charge in [-0.05, 0) is 31.9 Å². The van der Waals surface area contributed by atoms with Crippen molar-refractivity contribution in [1.29, 1.82) is 0 Å². The molecule has 8 heteroatoms. The number of hydrogen-bond donors (Lipinski definition) is 1. The van der Waals surface area contributed by atoms with Crippen LogP contribution in [0.4, 0.5) is 5.69 Å². The molecule has 1 N–H and O–H groups in total. The first-order valence-electron chi connectivity index (χ1n) is 8.51. The van der Waals surface area contributed by atoms with E-state index in [1.165, 1.54) is 12.8 Å². The number of ether oxygens (including phenoxy) is 2. The van der Waals surface area contributed by atoms with Crippen LogP contribution in [0.5, 0.6) is 11.5 Å². The smallest absolute Gasteiger partial charge is 0.265 e. The Kier molecular flexibility index (Phi) is 4.07. The Hall–Kier alpha value is -2.22. The molecule has 1 aliphatic carbocycles. The van der Waals surface area contributed by atoms with Crippen LogP contribution in [0.3, 0.4) is 0 Å². The molecular formula is C17H21N3O4S. The Labute approximate surface area is 147 Å². The Morgan fingerprint density at radius 3 is 2.64 bits per heavy atom. The molecular weight excluding hydrogens is 342 g/mol. The van der Waals surface area contributed by atoms with Gasteiger partial charge < -0.3 is 9.47 Å². The van der Waals surface area contributed by atoms with Gasteiger partial charge in [0.2, 0.25) is 0 Å². The van der Waals surface area contributed by atoms with Crippen LogP contribution in [0.25, 0.3) is 0 Å². The fourth-order valence-corrected chi connectivity index (χ4v) is 4.63. The molecule has 0 amide bonds. The van der Waals surface area contributed by atoms with Crippen molar-refractivity contribution in [2.24, 2.45) is 0 Å². The van der Waals surface area contributed by atoms with Crippen molar-refractivity contribution >= 4 is 15.7 Å². The number of aromatic nitrogens is 2. The first kappa shape index (κ1) is 16.3. The molecule has 0 bridgehead atoms. The lowest BCUT2D eigenvalue weighted by Crippen LogP contribution is -2.17. The summed E-state index contributed by atoms with van der Waals surface area (Å²) in [4.78, 5) is 0.217. The summed E-state index contributed by atoms with van der Waals surface area (Å²) in [6.45, 7) is 2.68. The minimum Gasteiger partial charge on any atom is -0.486 e. The second-order valence-electron chi connectivity index (χ2n) is 6.46. The number of fused-ring (bicyclic) bond motifs is 1. The van der Waals surface area contributed by atoms with Crippen molar-refractivity contribution in [3.63, 3.8) is 0 Å². The first-order chi connectivity index (χ1) is 12.0. The number of nitrogens with one attached hydrogen (secondary N) is 1. The van der Waals surface area contributed by atoms with E-state index in [4.69, 9.17) is 9.47 Å². The highest BCUT2D eigenvalue weighted by Gasteiger charge is 2.25. The van der Waals surface area contributed by atoms with Crippen LogP contribution in [0.15, 0.2) is 29.3 Å². The van der Waals surface area contributed by atoms with E-state index in [1.807, 2.05) is 0 Å². The number of sulfonamides is 1. The maximum atomic E-state index is 12.8. The molecule has 4 rings (SSSR count). The third-order valence-corrected chi connectivity index (χ3v) is 6.14. The number of rotatable bonds is 4. The van der Waals surface area contributed by atoms with Gasteiger partial charge >= 0.3 is 0 Å². The van der Waals surface area contributed by atoms with Crippen molar-refractivity contribution in [3.8, 4) is 11.5 Å². The first-order valence-corrected chi connectivity index (χ1v) is 9.99. The van der Waals surface area contributed by atoms with Crippen molar-refractivity contribution in [2.45, 2.75) is 43.5 Å². The molecule has 0 unspecified atom stereocenters. The van der Waals surface area contributed by atoms with Gasteiger partial charge in [-0.15, -0.1) is 0 Å². The molecule has 2 aliphatic rings. The highest BCUT2D eigenvalue weighted by atomic mass is 32.2. The molecule has 0 atom stereocenters. The van der Waals surface area contributed by atoms with Gasteiger partial charge in [0.15, 0.2) is 11.5 Å². The molecule has 0 saturated heterocycles. The molecule has 1 saturated carbocycles. The van der Waals surface area contributed by atoms with Gasteiger partial charge in [-0.3, -0.25) is 9.40 Å². The van der Waals surface area contributed by atoms with Gasteiger partial charge in [-0.1, -0.05) is 12.8 Å². The zero-order valence-electron chi connectivity index (χ0n) is 14.1. The molecule has 7 nitrogen and oxygen atoms in total. The fraction of sp³-hybridized carbons (Fsp3) is 0.471. The van der Waals surface area contributed by atoms with E-state index >= 15 is 0 Å². The Balaban J connectivity index is 1.59. The van der Waals surface area contributed by atoms with Crippen molar-refractivity contribution in [1.82, 2.24) is 9.78 Å². The van der Waals surface area contributed by atoms with Gasteiger partial charge in [-0.25, -0.2) is 8.42 Å². The zero-order chi connectivity index (χ0) is 17.4. The maximum absolute atomic E-state index is 12.8. The average molecular weight is 363 g/mol. The van der Waals surface area contributed by atoms with Crippen LogP contribution >= 0.6 is 0 Å². The normalized spacial score (nSPS) is 17.6. The second kappa shape index (κ2) is 6.25. The number of nitrogens with zero attached hydrogens (tertiary/aromatic N) is 2. The van der Waals surface area contributed by atoms with Crippen molar-refractivity contribution < 1.29 is 17.9 Å². The van der Waals surface area contributed by atoms with Crippen LogP contribution in [0.1, 0.15) is 37.4 Å². The Bertz CT molecular complexity index is 885. The summed E-state index contributed by atoms with van der Waals surface area (Å²) >= 11 is 0. The SMILES string of the molecule is Cc1nn(C2CCCC2)cc1S(=O)(=O)Nc1ccc2c(c1)OCCO2. The van der Waals surface area contributed by atoms with Crippen LogP contribution in [-0.4, -0.2) is 31.4 Å². The molecule has 1 aromatic heterocycles. The zero-order valence-corrected chi connectivity index (χ0v) is 14.9. The van der Waals surface area contributed by atoms with E-state index in [1.54, 1.807) is 36.0 Å². The van der Waals surface area contributed by atoms with E-state index in [2.05, 4.69) is 9.82 Å². The average Bonchev–Trinajstić information content (AvgIpc) is 3.24. The van der Waals surface area contributed by atoms with Gasteiger partial charge in [0.25, 0.3) is 10.0 Å². The molecule has 0 spiro atoms. The monoisotopic (exact) mass is 363 g/mol. The molecule has 1 fully saturated rings. The number of aryl methyl sites for hydroxylation is 1. The summed E-state index contributed by atoms with van der Waals surface area (Å²) in [6, 6.07) is 5.32. The maximum Gasteiger partial charge on any atom is 0.265 e. The number of hydrogen-bond acceptors (Lipinski definition) is 5. The van der Waals surface area contributed by atoms with Crippen molar-refractivity contribution in [2.75, 3.05) is 17.9 Å². The van der Waals surface area contributed by atoms with E-state index in [0.717, 1.165) is 12.8 Å². The molecule has 2 aromatic rings. The number of benzene rings is 1. The summed E-state index contributed by atoms with van der Waals surface area (Å²) in [5.74, 6) is 1.17. The summed E-state index contributed by atoms with van der Waals surface area (Å²) < 4.78 is 40.9. The molecule has 134 valence electrons. The van der Waals surface area contributed by atoms with Gasteiger partial charge in [-0.2, -0.15) is 5.10 Å². The quantitative estimate of drug-likeness (QED) is 0.903. The van der Waals surface area contributed by atoms with E-state index in [9.17, 15) is 8.42 Å². The lowest BCUT2D eigenvalue weighted by atomic mass is 10.3. The third-order valence-electron chi connectivity index (χ3n) is 4.65. The summed E-state index contributed by atoms with van der Waals surface area (Å²) in [7, 11) is -3.71. The Morgan fingerprint density at radius 2 is 1.88 bits per heavy atom. The molecule has 0 radical (unpaired) electrons. The fourth-order valence-electron chi connectivity index (χ4n) is 3.40. The predicted molar refractivity (Wildman–Crippen MR) is 92.7 cm³/mol. The van der Waals surface area contributed by atoms with Crippen LogP contribution < -0.4 is 14.2 Å². The van der Waals surface area contributed by atoms with E-state index < -0.39 is 10.0 Å². The molecule has 25 heavy (non-hydrogen) atoms. The lowest BCUT2D eigenvalue weighted by Gasteiger charge is -2.19. The van der Waals surface area contributed by atoms with Gasteiger partial charge in [0.1, 0.15) is 18.1 Å². The summed E-state index contributed by atoms with van der Waals surface area (Å²) in [5, 5.41) is 4.42. The number of anilines is 1. The largest absolute Gasteiger partial charge is 0.486 e. The summed E-state index contributed by atoms with van der Waals surface area (Å²) in [5.41, 5.74) is 0.953. The van der Waals surface area contributed by atoms with Gasteiger partial charge in [0.05, 0.1) is 17.4 Å². The highest BCUT2D eigenvalue weighted by molar-refractivity contribution is 7.92. The predicted octanol–water partition coefficient (Wildman–Crippen LogP) is 2.88. The minimum absolute atomic E-state index is 0.217. The Morgan fingerprint density at radius 1 is 1.16 bits per heavy atom. The van der Waals surface area contributed by atoms with Crippen LogP contribution in [0.2, 0.25) is 0 Å². The van der Waals surface area contributed by atoms with Crippen LogP contribution in [-0.2, 0) is 10.0 Å². The van der Waals surface area contributed by atoms with E-state index in [-0.39, 0.29) is 4.90 Å². The molecule has 1 aliphatic heterocycles. The topological polar surface area (TPSA) is 82.5 Å². The van der Waals surface area contributed by atoms with Gasteiger partial charge in [0, 0.05) is 12.3 Å². The third kappa shape index (κ3) is 3.18. The molecule has 2 heterocycles. The standard InChI is InChI=1S/C17H21N3O4S/c1-12-17(11-20(18-12)14-4-2-3-5-14)25(21,22)19-13-6-7-15-16(10-13)24-9-8-23-15/h6-7,10-11,14,19H,2-5,8-9H2,1H3. The lowest BCUT2D eigenvalue weighted by molar-refractivity contribution is 0.171. The molecule has 1 aromatic carbocycles. The van der Waals surface area contributed by atoms with E-state index in [0.29, 0.717) is 42.1 Å². The second-order valence-corrected chi connectivity index (χ2v) is 8.11. The minimum atomic E-state index is -3.71. The summed E-state index contributed by atoms with van der Waals surface area (Å²) in [6.07, 6.45) is 6.08.